The molecule has 0 radical (unpaired) electrons. The van der Waals surface area contributed by atoms with Gasteiger partial charge in [0.15, 0.2) is 5.15 Å². The third-order valence-corrected chi connectivity index (χ3v) is 2.77. The molecule has 0 aliphatic rings. The Labute approximate surface area is 88.9 Å². The topological polar surface area (TPSA) is 30.2 Å². The van der Waals surface area contributed by atoms with E-state index in [1.807, 2.05) is 6.07 Å². The molecule has 0 aliphatic heterocycles. The summed E-state index contributed by atoms with van der Waals surface area (Å²) in [6.07, 6.45) is 2.36. The summed E-state index contributed by atoms with van der Waals surface area (Å²) in [7, 11) is 0. The standard InChI is InChI=1S/C8H7BrClN3/c1-2-5-3-6(9)13-7(5)8(10)11-4-12-13/h3-4H,2H2,1H3. The van der Waals surface area contributed by atoms with Crippen molar-refractivity contribution in [1.82, 2.24) is 14.6 Å². The Morgan fingerprint density at radius 2 is 2.38 bits per heavy atom. The Morgan fingerprint density at radius 3 is 3.08 bits per heavy atom. The van der Waals surface area contributed by atoms with Crippen LogP contribution in [0.2, 0.25) is 5.15 Å². The number of nitrogens with zero attached hydrogens (tertiary/aromatic N) is 3. The zero-order chi connectivity index (χ0) is 9.42. The van der Waals surface area contributed by atoms with E-state index in [-0.39, 0.29) is 0 Å². The average molecular weight is 261 g/mol. The van der Waals surface area contributed by atoms with Crippen LogP contribution in [0.4, 0.5) is 0 Å². The number of fused-ring (bicyclic) bond motifs is 1. The molecule has 0 aromatic carbocycles. The van der Waals surface area contributed by atoms with Crippen LogP contribution < -0.4 is 0 Å². The molecular weight excluding hydrogens is 253 g/mol. The second-order valence-electron chi connectivity index (χ2n) is 2.66. The maximum Gasteiger partial charge on any atom is 0.156 e. The van der Waals surface area contributed by atoms with E-state index in [4.69, 9.17) is 11.6 Å². The Morgan fingerprint density at radius 1 is 1.62 bits per heavy atom. The molecule has 2 aromatic rings. The van der Waals surface area contributed by atoms with Gasteiger partial charge in [-0.05, 0) is 34.0 Å². The monoisotopic (exact) mass is 259 g/mol. The minimum atomic E-state index is 0.498. The van der Waals surface area contributed by atoms with E-state index >= 15 is 0 Å². The molecule has 0 fully saturated rings. The van der Waals surface area contributed by atoms with Gasteiger partial charge in [0.1, 0.15) is 16.4 Å². The van der Waals surface area contributed by atoms with E-state index in [2.05, 4.69) is 32.9 Å². The second-order valence-corrected chi connectivity index (χ2v) is 3.83. The molecule has 13 heavy (non-hydrogen) atoms. The minimum Gasteiger partial charge on any atom is -0.222 e. The lowest BCUT2D eigenvalue weighted by molar-refractivity contribution is 0.883. The summed E-state index contributed by atoms with van der Waals surface area (Å²) < 4.78 is 2.65. The van der Waals surface area contributed by atoms with Crippen LogP contribution in [-0.2, 0) is 6.42 Å². The van der Waals surface area contributed by atoms with Crippen LogP contribution in [0.1, 0.15) is 12.5 Å². The summed E-state index contributed by atoms with van der Waals surface area (Å²) in [5, 5.41) is 4.58. The molecule has 5 heteroatoms. The molecule has 3 nitrogen and oxygen atoms in total. The van der Waals surface area contributed by atoms with Crippen molar-refractivity contribution in [2.75, 3.05) is 0 Å². The lowest BCUT2D eigenvalue weighted by Gasteiger charge is -1.97. The molecule has 0 spiro atoms. The van der Waals surface area contributed by atoms with Gasteiger partial charge < -0.3 is 0 Å². The van der Waals surface area contributed by atoms with Gasteiger partial charge in [-0.3, -0.25) is 0 Å². The predicted octanol–water partition coefficient (Wildman–Crippen LogP) is 2.71. The first-order valence-electron chi connectivity index (χ1n) is 3.90. The van der Waals surface area contributed by atoms with Gasteiger partial charge in [-0.15, -0.1) is 0 Å². The summed E-state index contributed by atoms with van der Waals surface area (Å²) in [5.74, 6) is 0. The van der Waals surface area contributed by atoms with Gasteiger partial charge >= 0.3 is 0 Å². The first-order chi connectivity index (χ1) is 6.24. The maximum absolute atomic E-state index is 5.96. The van der Waals surface area contributed by atoms with Crippen molar-refractivity contribution in [3.63, 3.8) is 0 Å². The molecule has 0 amide bonds. The minimum absolute atomic E-state index is 0.498. The highest BCUT2D eigenvalue weighted by molar-refractivity contribution is 9.10. The molecule has 0 saturated heterocycles. The third-order valence-electron chi connectivity index (χ3n) is 1.93. The summed E-state index contributed by atoms with van der Waals surface area (Å²) in [5.41, 5.74) is 2.04. The summed E-state index contributed by atoms with van der Waals surface area (Å²) >= 11 is 9.37. The van der Waals surface area contributed by atoms with Crippen molar-refractivity contribution >= 4 is 33.0 Å². The fourth-order valence-corrected chi connectivity index (χ4v) is 2.10. The first kappa shape index (κ1) is 8.97. The highest BCUT2D eigenvalue weighted by atomic mass is 79.9. The van der Waals surface area contributed by atoms with Gasteiger partial charge in [0.05, 0.1) is 0 Å². The van der Waals surface area contributed by atoms with Crippen LogP contribution in [0.5, 0.6) is 0 Å². The van der Waals surface area contributed by atoms with Crippen LogP contribution in [0.25, 0.3) is 5.52 Å². The third kappa shape index (κ3) is 1.34. The summed E-state index contributed by atoms with van der Waals surface area (Å²) in [6.45, 7) is 2.07. The van der Waals surface area contributed by atoms with Gasteiger partial charge in [-0.2, -0.15) is 5.10 Å². The van der Waals surface area contributed by atoms with Crippen molar-refractivity contribution in [3.05, 3.63) is 27.7 Å². The van der Waals surface area contributed by atoms with E-state index in [1.54, 1.807) is 4.52 Å². The summed E-state index contributed by atoms with van der Waals surface area (Å²) in [4.78, 5) is 3.94. The van der Waals surface area contributed by atoms with Gasteiger partial charge in [0, 0.05) is 0 Å². The highest BCUT2D eigenvalue weighted by Gasteiger charge is 2.10. The quantitative estimate of drug-likeness (QED) is 0.789. The Hall–Kier alpha value is -0.610. The normalized spacial score (nSPS) is 11.0. The zero-order valence-electron chi connectivity index (χ0n) is 6.96. The predicted molar refractivity (Wildman–Crippen MR) is 55.1 cm³/mol. The van der Waals surface area contributed by atoms with Crippen LogP contribution in [0.3, 0.4) is 0 Å². The molecule has 0 N–H and O–H groups in total. The van der Waals surface area contributed by atoms with Crippen molar-refractivity contribution in [2.45, 2.75) is 13.3 Å². The van der Waals surface area contributed by atoms with Crippen molar-refractivity contribution in [1.29, 1.82) is 0 Å². The Balaban J connectivity index is 2.89. The van der Waals surface area contributed by atoms with Crippen LogP contribution in [0, 0.1) is 0 Å². The van der Waals surface area contributed by atoms with Crippen molar-refractivity contribution in [3.8, 4) is 0 Å². The largest absolute Gasteiger partial charge is 0.222 e. The average Bonchev–Trinajstić information content (AvgIpc) is 2.45. The Bertz CT molecular complexity index is 452. The van der Waals surface area contributed by atoms with Gasteiger partial charge in [0.25, 0.3) is 0 Å². The van der Waals surface area contributed by atoms with E-state index in [1.165, 1.54) is 6.33 Å². The lowest BCUT2D eigenvalue weighted by atomic mass is 10.2. The van der Waals surface area contributed by atoms with Crippen molar-refractivity contribution in [2.24, 2.45) is 0 Å². The number of aromatic nitrogens is 3. The molecule has 2 rings (SSSR count). The lowest BCUT2D eigenvalue weighted by Crippen LogP contribution is -1.94. The molecule has 2 heterocycles. The number of aryl methyl sites for hydroxylation is 1. The fourth-order valence-electron chi connectivity index (χ4n) is 1.31. The molecule has 0 aliphatic carbocycles. The highest BCUT2D eigenvalue weighted by Crippen LogP contribution is 2.24. The molecule has 0 saturated carbocycles. The molecule has 0 unspecified atom stereocenters. The number of halogens is 2. The van der Waals surface area contributed by atoms with Gasteiger partial charge in [-0.25, -0.2) is 9.50 Å². The molecule has 2 aromatic heterocycles. The van der Waals surface area contributed by atoms with E-state index in [0.717, 1.165) is 22.1 Å². The Kier molecular flexibility index (Phi) is 2.26. The van der Waals surface area contributed by atoms with Gasteiger partial charge in [0.2, 0.25) is 0 Å². The molecule has 0 bridgehead atoms. The smallest absolute Gasteiger partial charge is 0.156 e. The van der Waals surface area contributed by atoms with E-state index in [9.17, 15) is 0 Å². The summed E-state index contributed by atoms with van der Waals surface area (Å²) in [6, 6.07) is 2.01. The van der Waals surface area contributed by atoms with Crippen LogP contribution in [-0.4, -0.2) is 14.6 Å². The maximum atomic E-state index is 5.96. The number of hydrogen-bond acceptors (Lipinski definition) is 2. The number of hydrogen-bond donors (Lipinski definition) is 0. The van der Waals surface area contributed by atoms with Crippen molar-refractivity contribution < 1.29 is 0 Å². The number of rotatable bonds is 1. The molecular formula is C8H7BrClN3. The molecule has 68 valence electrons. The van der Waals surface area contributed by atoms with Gasteiger partial charge in [-0.1, -0.05) is 18.5 Å². The second kappa shape index (κ2) is 3.27. The first-order valence-corrected chi connectivity index (χ1v) is 5.07. The fraction of sp³-hybridized carbons (Fsp3) is 0.250. The molecule has 0 atom stereocenters. The SMILES string of the molecule is CCc1cc(Br)n2ncnc(Cl)c12. The van der Waals surface area contributed by atoms with E-state index in [0.29, 0.717) is 5.15 Å². The zero-order valence-corrected chi connectivity index (χ0v) is 9.30. The van der Waals surface area contributed by atoms with Crippen LogP contribution >= 0.6 is 27.5 Å². The van der Waals surface area contributed by atoms with Crippen LogP contribution in [0.15, 0.2) is 17.0 Å². The van der Waals surface area contributed by atoms with E-state index < -0.39 is 0 Å².